The molecule has 3 heteroatoms. The zero-order valence-electron chi connectivity index (χ0n) is 9.91. The molecule has 0 radical (unpaired) electrons. The summed E-state index contributed by atoms with van der Waals surface area (Å²) >= 11 is 3.70. The van der Waals surface area contributed by atoms with Crippen LogP contribution in [0.2, 0.25) is 0 Å². The third kappa shape index (κ3) is 2.73. The molecule has 0 spiro atoms. The van der Waals surface area contributed by atoms with Crippen LogP contribution < -0.4 is 5.32 Å². The molecule has 1 atom stereocenters. The van der Waals surface area contributed by atoms with Crippen molar-refractivity contribution >= 4 is 22.7 Å². The minimum atomic E-state index is 0.444. The number of nitrogens with one attached hydrogen (secondary N) is 1. The van der Waals surface area contributed by atoms with E-state index in [2.05, 4.69) is 49.7 Å². The van der Waals surface area contributed by atoms with E-state index in [9.17, 15) is 0 Å². The molecule has 2 rings (SSSR count). The highest BCUT2D eigenvalue weighted by molar-refractivity contribution is 7.12. The standard InChI is InChI=1S/C13H17NS2/c1-9-7-12(11(3)16-9)8-14-10(2)13-5-4-6-15-13/h4-7,10,14H,8H2,1-3H3/t10-/m0/s1. The molecule has 86 valence electrons. The largest absolute Gasteiger partial charge is 0.305 e. The summed E-state index contributed by atoms with van der Waals surface area (Å²) in [6, 6.07) is 7.03. The van der Waals surface area contributed by atoms with Crippen molar-refractivity contribution < 1.29 is 0 Å². The first kappa shape index (κ1) is 11.8. The van der Waals surface area contributed by atoms with Crippen LogP contribution in [0.1, 0.15) is 33.2 Å². The maximum absolute atomic E-state index is 3.57. The highest BCUT2D eigenvalue weighted by Crippen LogP contribution is 2.22. The fourth-order valence-corrected chi connectivity index (χ4v) is 3.47. The van der Waals surface area contributed by atoms with Crippen LogP contribution in [-0.4, -0.2) is 0 Å². The van der Waals surface area contributed by atoms with Gasteiger partial charge in [-0.2, -0.15) is 0 Å². The van der Waals surface area contributed by atoms with Crippen molar-refractivity contribution in [3.63, 3.8) is 0 Å². The monoisotopic (exact) mass is 251 g/mol. The first-order valence-electron chi connectivity index (χ1n) is 5.49. The highest BCUT2D eigenvalue weighted by atomic mass is 32.1. The van der Waals surface area contributed by atoms with Gasteiger partial charge in [0.15, 0.2) is 0 Å². The van der Waals surface area contributed by atoms with E-state index in [4.69, 9.17) is 0 Å². The van der Waals surface area contributed by atoms with E-state index >= 15 is 0 Å². The summed E-state index contributed by atoms with van der Waals surface area (Å²) in [4.78, 5) is 4.24. The Bertz CT molecular complexity index is 442. The Morgan fingerprint density at radius 1 is 1.38 bits per heavy atom. The molecule has 2 aromatic rings. The quantitative estimate of drug-likeness (QED) is 0.855. The van der Waals surface area contributed by atoms with E-state index in [1.165, 1.54) is 20.2 Å². The van der Waals surface area contributed by atoms with Gasteiger partial charge in [-0.25, -0.2) is 0 Å². The smallest absolute Gasteiger partial charge is 0.0388 e. The Labute approximate surface area is 105 Å². The molecule has 1 N–H and O–H groups in total. The van der Waals surface area contributed by atoms with Crippen LogP contribution >= 0.6 is 22.7 Å². The summed E-state index contributed by atoms with van der Waals surface area (Å²) in [5.74, 6) is 0. The second-order valence-electron chi connectivity index (χ2n) is 4.06. The fraction of sp³-hybridized carbons (Fsp3) is 0.385. The van der Waals surface area contributed by atoms with Crippen molar-refractivity contribution in [1.29, 1.82) is 0 Å². The molecule has 1 nitrogen and oxygen atoms in total. The van der Waals surface area contributed by atoms with Crippen molar-refractivity contribution in [3.8, 4) is 0 Å². The molecular formula is C13H17NS2. The summed E-state index contributed by atoms with van der Waals surface area (Å²) in [5, 5.41) is 5.70. The van der Waals surface area contributed by atoms with Crippen LogP contribution in [0, 0.1) is 13.8 Å². The van der Waals surface area contributed by atoms with Crippen LogP contribution in [0.4, 0.5) is 0 Å². The normalized spacial score (nSPS) is 12.9. The van der Waals surface area contributed by atoms with E-state index in [1.807, 2.05) is 22.7 Å². The molecule has 0 amide bonds. The van der Waals surface area contributed by atoms with Crippen molar-refractivity contribution in [3.05, 3.63) is 43.8 Å². The first-order valence-corrected chi connectivity index (χ1v) is 7.19. The number of rotatable bonds is 4. The molecule has 2 heterocycles. The minimum Gasteiger partial charge on any atom is -0.305 e. The summed E-state index contributed by atoms with van der Waals surface area (Å²) in [6.45, 7) is 7.56. The predicted molar refractivity (Wildman–Crippen MR) is 73.4 cm³/mol. The lowest BCUT2D eigenvalue weighted by molar-refractivity contribution is 0.582. The van der Waals surface area contributed by atoms with Crippen LogP contribution in [-0.2, 0) is 6.54 Å². The van der Waals surface area contributed by atoms with Gasteiger partial charge in [0.1, 0.15) is 0 Å². The maximum atomic E-state index is 3.57. The zero-order valence-corrected chi connectivity index (χ0v) is 11.5. The molecule has 2 aromatic heterocycles. The Hall–Kier alpha value is -0.640. The second kappa shape index (κ2) is 5.13. The molecule has 16 heavy (non-hydrogen) atoms. The minimum absolute atomic E-state index is 0.444. The lowest BCUT2D eigenvalue weighted by Crippen LogP contribution is -2.17. The predicted octanol–water partition coefficient (Wildman–Crippen LogP) is 4.28. The third-order valence-corrected chi connectivity index (χ3v) is 4.78. The van der Waals surface area contributed by atoms with E-state index in [1.54, 1.807) is 0 Å². The number of aryl methyl sites for hydroxylation is 2. The van der Waals surface area contributed by atoms with Crippen molar-refractivity contribution in [1.82, 2.24) is 5.32 Å². The van der Waals surface area contributed by atoms with Crippen LogP contribution in [0.25, 0.3) is 0 Å². The molecule has 0 bridgehead atoms. The van der Waals surface area contributed by atoms with Gasteiger partial charge in [-0.15, -0.1) is 22.7 Å². The molecule has 0 aliphatic heterocycles. The Kier molecular flexibility index (Phi) is 3.79. The topological polar surface area (TPSA) is 12.0 Å². The SMILES string of the molecule is Cc1cc(CN[C@@H](C)c2cccs2)c(C)s1. The molecular weight excluding hydrogens is 234 g/mol. The van der Waals surface area contributed by atoms with Crippen molar-refractivity contribution in [2.24, 2.45) is 0 Å². The van der Waals surface area contributed by atoms with Gasteiger partial charge in [-0.05, 0) is 43.8 Å². The summed E-state index contributed by atoms with van der Waals surface area (Å²) in [7, 11) is 0. The second-order valence-corrected chi connectivity index (χ2v) is 6.50. The van der Waals surface area contributed by atoms with Gasteiger partial charge in [0.25, 0.3) is 0 Å². The fourth-order valence-electron chi connectivity index (χ4n) is 1.76. The van der Waals surface area contributed by atoms with Gasteiger partial charge >= 0.3 is 0 Å². The number of hydrogen-bond donors (Lipinski definition) is 1. The molecule has 0 aromatic carbocycles. The average Bonchev–Trinajstić information content (AvgIpc) is 2.84. The first-order chi connectivity index (χ1) is 7.66. The van der Waals surface area contributed by atoms with E-state index in [0.29, 0.717) is 6.04 Å². The Morgan fingerprint density at radius 2 is 2.19 bits per heavy atom. The van der Waals surface area contributed by atoms with Gasteiger partial charge < -0.3 is 5.32 Å². The van der Waals surface area contributed by atoms with E-state index in [-0.39, 0.29) is 0 Å². The molecule has 0 aliphatic carbocycles. The average molecular weight is 251 g/mol. The van der Waals surface area contributed by atoms with Gasteiger partial charge in [-0.1, -0.05) is 6.07 Å². The molecule has 0 aliphatic rings. The lowest BCUT2D eigenvalue weighted by Gasteiger charge is -2.11. The molecule has 0 saturated heterocycles. The molecule has 0 fully saturated rings. The third-order valence-electron chi connectivity index (χ3n) is 2.71. The van der Waals surface area contributed by atoms with Gasteiger partial charge in [0.05, 0.1) is 0 Å². The van der Waals surface area contributed by atoms with Crippen molar-refractivity contribution in [2.45, 2.75) is 33.4 Å². The highest BCUT2D eigenvalue weighted by Gasteiger charge is 2.07. The van der Waals surface area contributed by atoms with Gasteiger partial charge in [0.2, 0.25) is 0 Å². The summed E-state index contributed by atoms with van der Waals surface area (Å²) < 4.78 is 0. The van der Waals surface area contributed by atoms with Crippen LogP contribution in [0.5, 0.6) is 0 Å². The zero-order chi connectivity index (χ0) is 11.5. The van der Waals surface area contributed by atoms with Crippen LogP contribution in [0.15, 0.2) is 23.6 Å². The van der Waals surface area contributed by atoms with Crippen LogP contribution in [0.3, 0.4) is 0 Å². The Morgan fingerprint density at radius 3 is 2.75 bits per heavy atom. The maximum Gasteiger partial charge on any atom is 0.0388 e. The molecule has 0 unspecified atom stereocenters. The summed E-state index contributed by atoms with van der Waals surface area (Å²) in [5.41, 5.74) is 1.44. The van der Waals surface area contributed by atoms with Gasteiger partial charge in [-0.3, -0.25) is 0 Å². The van der Waals surface area contributed by atoms with Crippen molar-refractivity contribution in [2.75, 3.05) is 0 Å². The van der Waals surface area contributed by atoms with Gasteiger partial charge in [0, 0.05) is 27.2 Å². The number of hydrogen-bond acceptors (Lipinski definition) is 3. The lowest BCUT2D eigenvalue weighted by atomic mass is 10.2. The molecule has 0 saturated carbocycles. The Balaban J connectivity index is 1.95. The summed E-state index contributed by atoms with van der Waals surface area (Å²) in [6.07, 6.45) is 0. The number of thiophene rings is 2. The van der Waals surface area contributed by atoms with E-state index in [0.717, 1.165) is 6.54 Å². The van der Waals surface area contributed by atoms with E-state index < -0.39 is 0 Å².